The van der Waals surface area contributed by atoms with Crippen LogP contribution in [0.3, 0.4) is 0 Å². The van der Waals surface area contributed by atoms with E-state index in [1.54, 1.807) is 0 Å². The van der Waals surface area contributed by atoms with Gasteiger partial charge in [0, 0.05) is 0 Å². The molecule has 0 saturated carbocycles. The average molecular weight is 1130 g/mol. The van der Waals surface area contributed by atoms with Crippen molar-refractivity contribution in [2.24, 2.45) is 0 Å². The summed E-state index contributed by atoms with van der Waals surface area (Å²) in [5.41, 5.74) is -7.14. The standard InChI is InChI=1S/2C24H50O2PS2.3Zn/c2*1-3-5-7-9-11-13-15-17-19-21-23-29(27(25,26)28)24-22-20-18-16-14-12-10-8-6-4-2;;;/h2*3-24H2,1-2H3;;;/q2*-3;3*+2. The van der Waals surface area contributed by atoms with Crippen LogP contribution >= 0.6 is 11.4 Å². The summed E-state index contributed by atoms with van der Waals surface area (Å²) in [5, 5.41) is 0. The molecule has 0 aromatic rings. The van der Waals surface area contributed by atoms with Gasteiger partial charge in [-0.05, 0) is 48.7 Å². The summed E-state index contributed by atoms with van der Waals surface area (Å²) in [5.74, 6) is 3.27. The Morgan fingerprint density at radius 3 is 0.475 bits per heavy atom. The SMILES string of the molecule is CCCCCCCCCCCCS(CCCCCCCCCCCC)=P([O-])([O-])[S-].CCCCCCCCCCCCS(CCCCCCCCCCCC)=P([O-])([O-])[S-].[Zn+2].[Zn+2].[Zn+2]. The zero-order chi connectivity index (χ0) is 43.3. The van der Waals surface area contributed by atoms with Crippen LogP contribution in [0, 0.1) is 0 Å². The van der Waals surface area contributed by atoms with Crippen LogP contribution in [0.4, 0.5) is 0 Å². The minimum Gasteiger partial charge on any atom is -0.854 e. The molecule has 4 nitrogen and oxygen atoms in total. The Morgan fingerprint density at radius 2 is 0.361 bits per heavy atom. The molecule has 0 aromatic carbocycles. The van der Waals surface area contributed by atoms with Crippen molar-refractivity contribution in [1.82, 2.24) is 0 Å². The molecule has 0 spiro atoms. The van der Waals surface area contributed by atoms with E-state index in [4.69, 9.17) is 24.5 Å². The zero-order valence-electron chi connectivity index (χ0n) is 41.4. The molecule has 0 aliphatic heterocycles. The first-order valence-corrected chi connectivity index (χ1v) is 35.1. The monoisotopic (exact) mass is 1120 g/mol. The summed E-state index contributed by atoms with van der Waals surface area (Å²) < 4.78 is 0. The van der Waals surface area contributed by atoms with Gasteiger partial charge in [0.15, 0.2) is 0 Å². The Kier molecular flexibility index (Phi) is 70.6. The van der Waals surface area contributed by atoms with Crippen molar-refractivity contribution < 1.29 is 78.0 Å². The van der Waals surface area contributed by atoms with Crippen LogP contribution in [0.5, 0.6) is 0 Å². The van der Waals surface area contributed by atoms with Crippen LogP contribution in [0.2, 0.25) is 0 Å². The molecule has 0 aromatic heterocycles. The Morgan fingerprint density at radius 1 is 0.246 bits per heavy atom. The predicted octanol–water partition coefficient (Wildman–Crippen LogP) is 14.8. The van der Waals surface area contributed by atoms with Gasteiger partial charge < -0.3 is 55.5 Å². The van der Waals surface area contributed by atoms with Gasteiger partial charge in [0.2, 0.25) is 0 Å². The van der Waals surface area contributed by atoms with E-state index in [-0.39, 0.29) is 58.4 Å². The van der Waals surface area contributed by atoms with Crippen molar-refractivity contribution in [3.05, 3.63) is 0 Å². The summed E-state index contributed by atoms with van der Waals surface area (Å²) in [4.78, 5) is 47.9. The van der Waals surface area contributed by atoms with Crippen molar-refractivity contribution in [3.63, 3.8) is 0 Å². The molecule has 0 N–H and O–H groups in total. The molecule has 0 heterocycles. The third kappa shape index (κ3) is 60.0. The molecule has 0 amide bonds. The smallest absolute Gasteiger partial charge is 0.854 e. The largest absolute Gasteiger partial charge is 2.00 e. The fourth-order valence-electron chi connectivity index (χ4n) is 7.68. The maximum Gasteiger partial charge on any atom is 2.00 e. The predicted molar refractivity (Wildman–Crippen MR) is 270 cm³/mol. The van der Waals surface area contributed by atoms with Crippen LogP contribution in [-0.4, -0.2) is 23.0 Å². The maximum atomic E-state index is 12.0. The second-order valence-electron chi connectivity index (χ2n) is 17.4. The molecule has 0 rings (SSSR count). The third-order valence-corrected chi connectivity index (χ3v) is 25.7. The fraction of sp³-hybridized carbons (Fsp3) is 1.00. The summed E-state index contributed by atoms with van der Waals surface area (Å²) >= 11 is 9.72. The first kappa shape index (κ1) is 73.9. The normalized spacial score (nSPS) is 11.6. The van der Waals surface area contributed by atoms with Crippen molar-refractivity contribution in [3.8, 4) is 0 Å². The number of hydrogen-bond acceptors (Lipinski definition) is 6. The van der Waals surface area contributed by atoms with Gasteiger partial charge in [-0.15, -0.1) is 0 Å². The van der Waals surface area contributed by atoms with Gasteiger partial charge in [-0.1, -0.05) is 259 Å². The molecule has 0 bridgehead atoms. The molecule has 0 radical (unpaired) electrons. The van der Waals surface area contributed by atoms with Crippen LogP contribution in [0.1, 0.15) is 285 Å². The van der Waals surface area contributed by atoms with Gasteiger partial charge in [-0.3, -0.25) is 0 Å². The minimum absolute atomic E-state index is 0. The summed E-state index contributed by atoms with van der Waals surface area (Å²) in [6.07, 6.45) is 51.7. The zero-order valence-corrected chi connectivity index (χ0v) is 55.4. The number of hydrogen-bond donors (Lipinski definition) is 0. The molecule has 0 fully saturated rings. The van der Waals surface area contributed by atoms with E-state index in [1.165, 1.54) is 231 Å². The minimum atomic E-state index is -3.57. The molecule has 13 heteroatoms. The summed E-state index contributed by atoms with van der Waals surface area (Å²) in [6.45, 7) is 9.03. The van der Waals surface area contributed by atoms with E-state index in [0.717, 1.165) is 48.7 Å². The van der Waals surface area contributed by atoms with E-state index in [0.29, 0.717) is 0 Å². The molecule has 61 heavy (non-hydrogen) atoms. The van der Waals surface area contributed by atoms with Crippen molar-refractivity contribution in [2.75, 3.05) is 23.0 Å². The van der Waals surface area contributed by atoms with E-state index < -0.39 is 31.5 Å². The van der Waals surface area contributed by atoms with Gasteiger partial charge in [-0.2, -0.15) is 0 Å². The second-order valence-corrected chi connectivity index (χ2v) is 32.9. The molecular weight excluding hydrogens is 1030 g/mol. The average Bonchev–Trinajstić information content (AvgIpc) is 3.18. The van der Waals surface area contributed by atoms with Gasteiger partial charge in [-0.25, -0.2) is 20.1 Å². The topological polar surface area (TPSA) is 92.2 Å². The molecule has 356 valence electrons. The number of unbranched alkanes of at least 4 members (excludes halogenated alkanes) is 36. The summed E-state index contributed by atoms with van der Waals surface area (Å²) in [7, 11) is -1.10. The van der Waals surface area contributed by atoms with Crippen LogP contribution in [0.25, 0.3) is 0 Å². The van der Waals surface area contributed by atoms with E-state index >= 15 is 0 Å². The van der Waals surface area contributed by atoms with Gasteiger partial charge >= 0.3 is 58.4 Å². The third-order valence-electron chi connectivity index (χ3n) is 11.6. The van der Waals surface area contributed by atoms with Gasteiger partial charge in [0.25, 0.3) is 0 Å². The maximum absolute atomic E-state index is 12.0. The Hall–Kier alpha value is 3.97. The van der Waals surface area contributed by atoms with E-state index in [2.05, 4.69) is 27.7 Å². The van der Waals surface area contributed by atoms with Crippen LogP contribution < -0.4 is 19.6 Å². The summed E-state index contributed by atoms with van der Waals surface area (Å²) in [6, 6.07) is 0. The van der Waals surface area contributed by atoms with Crippen molar-refractivity contribution >= 4 is 56.0 Å². The molecular formula is C48H100O4P2S4Zn3. The van der Waals surface area contributed by atoms with E-state index in [9.17, 15) is 19.6 Å². The van der Waals surface area contributed by atoms with Crippen LogP contribution in [-0.2, 0) is 103 Å². The van der Waals surface area contributed by atoms with Crippen LogP contribution in [0.15, 0.2) is 0 Å². The second kappa shape index (κ2) is 58.3. The molecule has 0 saturated heterocycles. The van der Waals surface area contributed by atoms with Gasteiger partial charge in [0.1, 0.15) is 0 Å². The molecule has 0 unspecified atom stereocenters. The quantitative estimate of drug-likeness (QED) is 0.0261. The molecule has 0 atom stereocenters. The van der Waals surface area contributed by atoms with E-state index in [1.807, 2.05) is 0 Å². The Bertz CT molecular complexity index is 815. The molecule has 0 aliphatic carbocycles. The van der Waals surface area contributed by atoms with Crippen molar-refractivity contribution in [1.29, 1.82) is 0 Å². The first-order chi connectivity index (χ1) is 28.0. The first-order valence-electron chi connectivity index (χ1n) is 25.4. The Labute approximate surface area is 437 Å². The number of rotatable bonds is 44. The fourth-order valence-corrected chi connectivity index (χ4v) is 18.0. The molecule has 0 aliphatic rings. The Balaban J connectivity index is -0.000000327. The van der Waals surface area contributed by atoms with Gasteiger partial charge in [0.05, 0.1) is 0 Å². The van der Waals surface area contributed by atoms with Crippen molar-refractivity contribution in [2.45, 2.75) is 285 Å².